The molecule has 0 heterocycles. The van der Waals surface area contributed by atoms with Crippen molar-refractivity contribution in [3.05, 3.63) is 95.6 Å². The summed E-state index contributed by atoms with van der Waals surface area (Å²) >= 11 is 0. The zero-order valence-corrected chi connectivity index (χ0v) is 18.6. The number of benzene rings is 3. The summed E-state index contributed by atoms with van der Waals surface area (Å²) in [5.74, 6) is -0.508. The highest BCUT2D eigenvalue weighted by Gasteiger charge is 2.08. The molecule has 0 bridgehead atoms. The molecule has 0 aromatic heterocycles. The first-order chi connectivity index (χ1) is 16.0. The number of rotatable bonds is 10. The molecule has 3 aromatic carbocycles. The maximum absolute atomic E-state index is 12.3. The molecule has 7 nitrogen and oxygen atoms in total. The lowest BCUT2D eigenvalue weighted by atomic mass is 10.1. The first-order valence-electron chi connectivity index (χ1n) is 10.9. The summed E-state index contributed by atoms with van der Waals surface area (Å²) < 4.78 is 0. The standard InChI is InChI=1S/C26H28N4O3/c1-2-16-27-25(32)20-10-14-23(15-11-20)30-24(31)18-28-22-12-8-21(9-13-22)26(33)29-17-19-6-4-3-5-7-19/h3-15,28H,2,16-18H2,1H3,(H,27,32)(H,29,33)(H,30,31). The monoisotopic (exact) mass is 444 g/mol. The lowest BCUT2D eigenvalue weighted by molar-refractivity contribution is -0.114. The van der Waals surface area contributed by atoms with E-state index in [4.69, 9.17) is 0 Å². The molecule has 4 N–H and O–H groups in total. The number of anilines is 2. The summed E-state index contributed by atoms with van der Waals surface area (Å²) in [7, 11) is 0. The smallest absolute Gasteiger partial charge is 0.251 e. The highest BCUT2D eigenvalue weighted by molar-refractivity contribution is 5.97. The van der Waals surface area contributed by atoms with E-state index in [0.717, 1.165) is 17.7 Å². The Hall–Kier alpha value is -4.13. The number of carbonyl (C=O) groups is 3. The molecule has 0 aliphatic carbocycles. The van der Waals surface area contributed by atoms with Crippen molar-refractivity contribution in [3.8, 4) is 0 Å². The van der Waals surface area contributed by atoms with E-state index < -0.39 is 0 Å². The van der Waals surface area contributed by atoms with Gasteiger partial charge in [0.05, 0.1) is 6.54 Å². The molecule has 33 heavy (non-hydrogen) atoms. The molecule has 0 saturated carbocycles. The maximum Gasteiger partial charge on any atom is 0.251 e. The van der Waals surface area contributed by atoms with Crippen LogP contribution < -0.4 is 21.3 Å². The number of nitrogens with one attached hydrogen (secondary N) is 4. The van der Waals surface area contributed by atoms with Gasteiger partial charge in [-0.3, -0.25) is 14.4 Å². The number of hydrogen-bond donors (Lipinski definition) is 4. The SMILES string of the molecule is CCCNC(=O)c1ccc(NC(=O)CNc2ccc(C(=O)NCc3ccccc3)cc2)cc1. The zero-order valence-electron chi connectivity index (χ0n) is 18.6. The van der Waals surface area contributed by atoms with Gasteiger partial charge in [-0.05, 0) is 60.5 Å². The lowest BCUT2D eigenvalue weighted by Gasteiger charge is -2.10. The molecule has 0 radical (unpaired) electrons. The Labute approximate surface area is 193 Å². The van der Waals surface area contributed by atoms with Crippen LogP contribution >= 0.6 is 0 Å². The molecule has 0 spiro atoms. The number of hydrogen-bond acceptors (Lipinski definition) is 4. The average molecular weight is 445 g/mol. The Morgan fingerprint density at radius 2 is 1.27 bits per heavy atom. The average Bonchev–Trinajstić information content (AvgIpc) is 2.86. The van der Waals surface area contributed by atoms with Crippen LogP contribution in [0.15, 0.2) is 78.9 Å². The lowest BCUT2D eigenvalue weighted by Crippen LogP contribution is -2.24. The fourth-order valence-electron chi connectivity index (χ4n) is 3.05. The predicted octanol–water partition coefficient (Wildman–Crippen LogP) is 3.81. The van der Waals surface area contributed by atoms with E-state index in [0.29, 0.717) is 29.9 Å². The Morgan fingerprint density at radius 3 is 1.88 bits per heavy atom. The molecule has 0 saturated heterocycles. The second-order valence-corrected chi connectivity index (χ2v) is 7.48. The van der Waals surface area contributed by atoms with Crippen molar-refractivity contribution in [2.45, 2.75) is 19.9 Å². The Bertz CT molecular complexity index is 1060. The summed E-state index contributed by atoms with van der Waals surface area (Å²) in [4.78, 5) is 36.5. The first kappa shape index (κ1) is 23.5. The van der Waals surface area contributed by atoms with Crippen LogP contribution in [0.5, 0.6) is 0 Å². The fourth-order valence-corrected chi connectivity index (χ4v) is 3.05. The minimum absolute atomic E-state index is 0.0677. The van der Waals surface area contributed by atoms with Crippen molar-refractivity contribution in [1.29, 1.82) is 0 Å². The van der Waals surface area contributed by atoms with Gasteiger partial charge < -0.3 is 21.3 Å². The van der Waals surface area contributed by atoms with E-state index in [2.05, 4.69) is 21.3 Å². The van der Waals surface area contributed by atoms with Crippen molar-refractivity contribution in [3.63, 3.8) is 0 Å². The summed E-state index contributed by atoms with van der Waals surface area (Å²) in [5.41, 5.74) is 3.47. The van der Waals surface area contributed by atoms with Crippen molar-refractivity contribution in [1.82, 2.24) is 10.6 Å². The minimum atomic E-state index is -0.220. The van der Waals surface area contributed by atoms with E-state index in [9.17, 15) is 14.4 Å². The van der Waals surface area contributed by atoms with E-state index in [1.165, 1.54) is 0 Å². The second-order valence-electron chi connectivity index (χ2n) is 7.48. The fraction of sp³-hybridized carbons (Fsp3) is 0.192. The number of carbonyl (C=O) groups excluding carboxylic acids is 3. The van der Waals surface area contributed by atoms with Crippen LogP contribution in [0.4, 0.5) is 11.4 Å². The molecular weight excluding hydrogens is 416 g/mol. The third kappa shape index (κ3) is 7.50. The van der Waals surface area contributed by atoms with Crippen LogP contribution in [0.3, 0.4) is 0 Å². The van der Waals surface area contributed by atoms with E-state index in [-0.39, 0.29) is 24.3 Å². The highest BCUT2D eigenvalue weighted by atomic mass is 16.2. The van der Waals surface area contributed by atoms with Crippen LogP contribution in [0.1, 0.15) is 39.6 Å². The van der Waals surface area contributed by atoms with Gasteiger partial charge in [-0.15, -0.1) is 0 Å². The molecular formula is C26H28N4O3. The van der Waals surface area contributed by atoms with Gasteiger partial charge in [-0.1, -0.05) is 37.3 Å². The Kier molecular flexibility index (Phi) is 8.59. The minimum Gasteiger partial charge on any atom is -0.376 e. The molecule has 7 heteroatoms. The summed E-state index contributed by atoms with van der Waals surface area (Å²) in [6.07, 6.45) is 0.872. The van der Waals surface area contributed by atoms with Crippen molar-refractivity contribution in [2.75, 3.05) is 23.7 Å². The predicted molar refractivity (Wildman–Crippen MR) is 130 cm³/mol. The normalized spacial score (nSPS) is 10.2. The molecule has 170 valence electrons. The third-order valence-electron chi connectivity index (χ3n) is 4.86. The largest absolute Gasteiger partial charge is 0.376 e. The molecule has 0 fully saturated rings. The van der Waals surface area contributed by atoms with Crippen molar-refractivity contribution >= 4 is 29.1 Å². The van der Waals surface area contributed by atoms with Crippen LogP contribution in [0.2, 0.25) is 0 Å². The van der Waals surface area contributed by atoms with Gasteiger partial charge in [-0.25, -0.2) is 0 Å². The topological polar surface area (TPSA) is 99.3 Å². The molecule has 3 aromatic rings. The number of amides is 3. The molecule has 0 unspecified atom stereocenters. The van der Waals surface area contributed by atoms with Crippen LogP contribution in [0, 0.1) is 0 Å². The first-order valence-corrected chi connectivity index (χ1v) is 10.9. The summed E-state index contributed by atoms with van der Waals surface area (Å²) in [6, 6.07) is 23.4. The van der Waals surface area contributed by atoms with Crippen molar-refractivity contribution in [2.24, 2.45) is 0 Å². The molecule has 0 aliphatic heterocycles. The summed E-state index contributed by atoms with van der Waals surface area (Å²) in [6.45, 7) is 3.15. The Balaban J connectivity index is 1.43. The summed E-state index contributed by atoms with van der Waals surface area (Å²) in [5, 5.41) is 11.5. The van der Waals surface area contributed by atoms with Crippen molar-refractivity contribution < 1.29 is 14.4 Å². The van der Waals surface area contributed by atoms with Gasteiger partial charge in [0.2, 0.25) is 5.91 Å². The van der Waals surface area contributed by atoms with Gasteiger partial charge in [0.25, 0.3) is 11.8 Å². The van der Waals surface area contributed by atoms with Crippen LogP contribution in [-0.4, -0.2) is 30.8 Å². The van der Waals surface area contributed by atoms with Gasteiger partial charge in [0.15, 0.2) is 0 Å². The molecule has 3 rings (SSSR count). The molecule has 0 atom stereocenters. The zero-order chi connectivity index (χ0) is 23.5. The highest BCUT2D eigenvalue weighted by Crippen LogP contribution is 2.12. The van der Waals surface area contributed by atoms with E-state index in [1.54, 1.807) is 48.5 Å². The quantitative estimate of drug-likeness (QED) is 0.382. The third-order valence-corrected chi connectivity index (χ3v) is 4.86. The van der Waals surface area contributed by atoms with Gasteiger partial charge >= 0.3 is 0 Å². The van der Waals surface area contributed by atoms with Crippen LogP contribution in [-0.2, 0) is 11.3 Å². The molecule has 3 amide bonds. The Morgan fingerprint density at radius 1 is 0.697 bits per heavy atom. The van der Waals surface area contributed by atoms with E-state index in [1.807, 2.05) is 37.3 Å². The van der Waals surface area contributed by atoms with E-state index >= 15 is 0 Å². The molecule has 0 aliphatic rings. The van der Waals surface area contributed by atoms with Gasteiger partial charge in [0, 0.05) is 35.6 Å². The van der Waals surface area contributed by atoms with Gasteiger partial charge in [-0.2, -0.15) is 0 Å². The second kappa shape index (κ2) is 12.0. The van der Waals surface area contributed by atoms with Crippen LogP contribution in [0.25, 0.3) is 0 Å². The maximum atomic E-state index is 12.3. The van der Waals surface area contributed by atoms with Gasteiger partial charge in [0.1, 0.15) is 0 Å².